The highest BCUT2D eigenvalue weighted by Gasteiger charge is 2.05. The van der Waals surface area contributed by atoms with E-state index in [-0.39, 0.29) is 37.6 Å². The van der Waals surface area contributed by atoms with Gasteiger partial charge in [-0.3, -0.25) is 19.2 Å². The third-order valence-electron chi connectivity index (χ3n) is 2.16. The number of carbonyl (C=O) groups is 4. The van der Waals surface area contributed by atoms with E-state index in [9.17, 15) is 19.2 Å². The normalized spacial score (nSPS) is 8.41. The first kappa shape index (κ1) is 32.6. The maximum Gasteiger partial charge on any atom is 0.306 e. The lowest BCUT2D eigenvalue weighted by atomic mass is 10.2. The molecule has 0 aromatic carbocycles. The van der Waals surface area contributed by atoms with Crippen LogP contribution in [-0.2, 0) is 28.7 Å². The SMILES string of the molecule is CCO.CCOC(=O)CCC(=O)CC.CCOC(=O)CCC(=O)O.OCO. The van der Waals surface area contributed by atoms with Crippen molar-refractivity contribution in [3.05, 3.63) is 0 Å². The molecule has 0 heterocycles. The summed E-state index contributed by atoms with van der Waals surface area (Å²) in [5, 5.41) is 29.9. The first-order valence-electron chi connectivity index (χ1n) is 8.57. The average molecular weight is 398 g/mol. The first-order valence-corrected chi connectivity index (χ1v) is 8.57. The Balaban J connectivity index is -0.000000152. The fourth-order valence-electron chi connectivity index (χ4n) is 1.09. The van der Waals surface area contributed by atoms with Crippen LogP contribution in [0.3, 0.4) is 0 Å². The summed E-state index contributed by atoms with van der Waals surface area (Å²) in [6, 6.07) is 0. The van der Waals surface area contributed by atoms with Crippen LogP contribution in [-0.4, -0.2) is 70.7 Å². The van der Waals surface area contributed by atoms with Crippen LogP contribution in [0.25, 0.3) is 0 Å². The van der Waals surface area contributed by atoms with E-state index in [1.54, 1.807) is 27.7 Å². The molecule has 0 aromatic rings. The molecular weight excluding hydrogens is 364 g/mol. The first-order chi connectivity index (χ1) is 12.7. The number of aliphatic hydroxyl groups is 3. The van der Waals surface area contributed by atoms with E-state index >= 15 is 0 Å². The van der Waals surface area contributed by atoms with Gasteiger partial charge >= 0.3 is 17.9 Å². The third-order valence-corrected chi connectivity index (χ3v) is 2.16. The van der Waals surface area contributed by atoms with Crippen LogP contribution in [0.1, 0.15) is 59.8 Å². The Kier molecular flexibility index (Phi) is 34.7. The van der Waals surface area contributed by atoms with E-state index in [2.05, 4.69) is 9.47 Å². The van der Waals surface area contributed by atoms with Crippen molar-refractivity contribution >= 4 is 23.7 Å². The maximum atomic E-state index is 10.7. The molecule has 0 atom stereocenters. The highest BCUT2D eigenvalue weighted by molar-refractivity contribution is 5.82. The van der Waals surface area contributed by atoms with E-state index < -0.39 is 18.7 Å². The van der Waals surface area contributed by atoms with Gasteiger partial charge in [-0.1, -0.05) is 6.92 Å². The van der Waals surface area contributed by atoms with Crippen molar-refractivity contribution in [3.8, 4) is 0 Å². The van der Waals surface area contributed by atoms with E-state index in [0.717, 1.165) is 0 Å². The molecule has 10 nitrogen and oxygen atoms in total. The van der Waals surface area contributed by atoms with Crippen molar-refractivity contribution in [2.45, 2.75) is 59.8 Å². The standard InChI is InChI=1S/C8H14O3.C6H10O4.C2H6O.CH4O2/c1-3-7(9)5-6-8(10)11-4-2;1-2-10-6(9)4-3-5(7)8;1-2-3;2-1-3/h3-6H2,1-2H3;2-4H2,1H3,(H,7,8);3H,2H2,1H3;2-3H,1H2. The van der Waals surface area contributed by atoms with E-state index in [0.29, 0.717) is 26.1 Å². The number of esters is 2. The molecule has 0 aromatic heterocycles. The molecule has 27 heavy (non-hydrogen) atoms. The van der Waals surface area contributed by atoms with Crippen LogP contribution in [0.5, 0.6) is 0 Å². The second-order valence-electron chi connectivity index (χ2n) is 4.35. The number of carboxylic acids is 1. The van der Waals surface area contributed by atoms with E-state index in [1.807, 2.05) is 0 Å². The quantitative estimate of drug-likeness (QED) is 0.319. The summed E-state index contributed by atoms with van der Waals surface area (Å²) in [5.74, 6) is -1.61. The van der Waals surface area contributed by atoms with Gasteiger partial charge in [0.2, 0.25) is 0 Å². The highest BCUT2D eigenvalue weighted by Crippen LogP contribution is 1.96. The molecule has 0 fully saturated rings. The van der Waals surface area contributed by atoms with Crippen molar-refractivity contribution in [1.29, 1.82) is 0 Å². The monoisotopic (exact) mass is 398 g/mol. The lowest BCUT2D eigenvalue weighted by Gasteiger charge is -1.99. The number of hydrogen-bond acceptors (Lipinski definition) is 9. The average Bonchev–Trinajstić information content (AvgIpc) is 2.60. The van der Waals surface area contributed by atoms with Gasteiger partial charge in [-0.05, 0) is 20.8 Å². The number of aliphatic carboxylic acids is 1. The van der Waals surface area contributed by atoms with Gasteiger partial charge in [-0.15, -0.1) is 0 Å². The third kappa shape index (κ3) is 45.4. The molecule has 4 N–H and O–H groups in total. The van der Waals surface area contributed by atoms with Crippen molar-refractivity contribution in [3.63, 3.8) is 0 Å². The molecule has 0 amide bonds. The number of aliphatic hydroxyl groups excluding tert-OH is 2. The summed E-state index contributed by atoms with van der Waals surface area (Å²) in [6.07, 6.45) is 0.845. The zero-order valence-corrected chi connectivity index (χ0v) is 16.6. The van der Waals surface area contributed by atoms with Crippen LogP contribution in [0.15, 0.2) is 0 Å². The number of hydrogen-bond donors (Lipinski definition) is 4. The van der Waals surface area contributed by atoms with Crippen molar-refractivity contribution in [2.24, 2.45) is 0 Å². The Hall–Kier alpha value is -2.04. The van der Waals surface area contributed by atoms with Crippen molar-refractivity contribution < 1.29 is 49.1 Å². The van der Waals surface area contributed by atoms with Gasteiger partial charge in [0.15, 0.2) is 0 Å². The van der Waals surface area contributed by atoms with Gasteiger partial charge in [-0.2, -0.15) is 0 Å². The van der Waals surface area contributed by atoms with Gasteiger partial charge in [-0.25, -0.2) is 0 Å². The minimum absolute atomic E-state index is 0.0385. The van der Waals surface area contributed by atoms with Crippen molar-refractivity contribution in [1.82, 2.24) is 0 Å². The maximum absolute atomic E-state index is 10.7. The summed E-state index contributed by atoms with van der Waals surface area (Å²) in [5.41, 5.74) is 0. The zero-order chi connectivity index (χ0) is 22.1. The molecule has 10 heteroatoms. The van der Waals surface area contributed by atoms with Crippen LogP contribution in [0, 0.1) is 0 Å². The Morgan fingerprint density at radius 3 is 1.30 bits per heavy atom. The molecule has 0 spiro atoms. The Labute approximate surface area is 160 Å². The largest absolute Gasteiger partial charge is 0.481 e. The predicted octanol–water partition coefficient (Wildman–Crippen LogP) is 0.650. The van der Waals surface area contributed by atoms with Gasteiger partial charge < -0.3 is 29.9 Å². The Bertz CT molecular complexity index is 367. The molecule has 0 rings (SSSR count). The Morgan fingerprint density at radius 2 is 1.04 bits per heavy atom. The number of ketones is 1. The molecule has 0 unspecified atom stereocenters. The van der Waals surface area contributed by atoms with Crippen molar-refractivity contribution in [2.75, 3.05) is 26.6 Å². The second kappa shape index (κ2) is 28.8. The molecule has 0 aliphatic carbocycles. The highest BCUT2D eigenvalue weighted by atomic mass is 16.5. The molecule has 0 bridgehead atoms. The summed E-state index contributed by atoms with van der Waals surface area (Å²) in [4.78, 5) is 41.8. The smallest absolute Gasteiger partial charge is 0.306 e. The molecule has 0 aliphatic rings. The fourth-order valence-corrected chi connectivity index (χ4v) is 1.09. The second-order valence-corrected chi connectivity index (χ2v) is 4.35. The minimum atomic E-state index is -0.979. The molecule has 0 saturated heterocycles. The predicted molar refractivity (Wildman–Crippen MR) is 96.7 cm³/mol. The molecule has 0 radical (unpaired) electrons. The lowest BCUT2D eigenvalue weighted by molar-refractivity contribution is -0.147. The fraction of sp³-hybridized carbons (Fsp3) is 0.765. The summed E-state index contributed by atoms with van der Waals surface area (Å²) < 4.78 is 9.14. The van der Waals surface area contributed by atoms with Crippen LogP contribution in [0.2, 0.25) is 0 Å². The van der Waals surface area contributed by atoms with E-state index in [1.165, 1.54) is 0 Å². The number of carbonyl (C=O) groups excluding carboxylic acids is 3. The van der Waals surface area contributed by atoms with Crippen LogP contribution < -0.4 is 0 Å². The van der Waals surface area contributed by atoms with Gasteiger partial charge in [0.25, 0.3) is 0 Å². The van der Waals surface area contributed by atoms with Gasteiger partial charge in [0.1, 0.15) is 12.6 Å². The van der Waals surface area contributed by atoms with E-state index in [4.69, 9.17) is 20.4 Å². The topological polar surface area (TPSA) is 168 Å². The number of ether oxygens (including phenoxy) is 2. The van der Waals surface area contributed by atoms with Gasteiger partial charge in [0, 0.05) is 19.4 Å². The molecule has 162 valence electrons. The number of carboxylic acid groups (broad SMARTS) is 1. The summed E-state index contributed by atoms with van der Waals surface area (Å²) in [7, 11) is 0. The number of rotatable bonds is 9. The summed E-state index contributed by atoms with van der Waals surface area (Å²) in [6.45, 7) is 7.09. The van der Waals surface area contributed by atoms with Gasteiger partial charge in [0.05, 0.1) is 32.5 Å². The number of Topliss-reactive ketones (excluding diaryl/α,β-unsaturated/α-hetero) is 1. The molecular formula is C17H34O10. The Morgan fingerprint density at radius 1 is 0.704 bits per heavy atom. The minimum Gasteiger partial charge on any atom is -0.481 e. The van der Waals surface area contributed by atoms with Crippen LogP contribution >= 0.6 is 0 Å². The lowest BCUT2D eigenvalue weighted by Crippen LogP contribution is -2.06. The van der Waals surface area contributed by atoms with Crippen LogP contribution in [0.4, 0.5) is 0 Å². The molecule has 0 aliphatic heterocycles. The zero-order valence-electron chi connectivity index (χ0n) is 16.6. The molecule has 0 saturated carbocycles. The summed E-state index contributed by atoms with van der Waals surface area (Å²) >= 11 is 0.